The standard InChI is InChI=1S/C32H33ClFN5O5S/c1-7-26(41)37-15-19(5)38(16-18(37)4)30-21-14-22(33)28(27-23(34)11-9-12-24(27)40)35-31(21)39(32(42)36-30)29-20(17(2)3)10-8-13-25(29)45(6,43)44/h7-14,17-19,40H,1,15-16H2,2-6H3/t18-,19+/m1/s1. The molecule has 0 radical (unpaired) electrons. The molecule has 2 aromatic heterocycles. The average molecular weight is 654 g/mol. The van der Waals surface area contributed by atoms with Crippen molar-refractivity contribution in [2.45, 2.75) is 50.6 Å². The summed E-state index contributed by atoms with van der Waals surface area (Å²) in [7, 11) is -3.87. The molecule has 13 heteroatoms. The Hall–Kier alpha value is -4.29. The SMILES string of the molecule is C=CC(=O)N1C[C@H](C)N(c2nc(=O)n(-c3c(C(C)C)cccc3S(C)(=O)=O)c3nc(-c4c(O)cccc4F)c(Cl)cc23)C[C@H]1C. The predicted molar refractivity (Wildman–Crippen MR) is 173 cm³/mol. The number of sulfone groups is 1. The lowest BCUT2D eigenvalue weighted by molar-refractivity contribution is -0.128. The van der Waals surface area contributed by atoms with E-state index < -0.39 is 27.1 Å². The maximum Gasteiger partial charge on any atom is 0.355 e. The van der Waals surface area contributed by atoms with E-state index in [2.05, 4.69) is 16.5 Å². The van der Waals surface area contributed by atoms with Crippen LogP contribution in [0.3, 0.4) is 0 Å². The summed E-state index contributed by atoms with van der Waals surface area (Å²) in [5.74, 6) is -1.44. The van der Waals surface area contributed by atoms with Crippen molar-refractivity contribution in [3.05, 3.63) is 82.0 Å². The van der Waals surface area contributed by atoms with Crippen LogP contribution >= 0.6 is 11.6 Å². The first-order valence-corrected chi connectivity index (χ1v) is 16.6. The average Bonchev–Trinajstić information content (AvgIpc) is 2.97. The fourth-order valence-corrected chi connectivity index (χ4v) is 6.97. The Kier molecular flexibility index (Phi) is 8.49. The summed E-state index contributed by atoms with van der Waals surface area (Å²) in [4.78, 5) is 39.3. The molecule has 236 valence electrons. The number of aromatic hydroxyl groups is 1. The minimum atomic E-state index is -3.87. The van der Waals surface area contributed by atoms with Crippen LogP contribution in [0.2, 0.25) is 5.02 Å². The van der Waals surface area contributed by atoms with Gasteiger partial charge < -0.3 is 14.9 Å². The number of piperazine rings is 1. The Bertz CT molecular complexity index is 2010. The van der Waals surface area contributed by atoms with Gasteiger partial charge in [0.25, 0.3) is 0 Å². The number of phenolic OH excluding ortho intramolecular Hbond substituents is 1. The molecular formula is C32H33ClFN5O5S. The van der Waals surface area contributed by atoms with Gasteiger partial charge in [-0.15, -0.1) is 0 Å². The number of pyridine rings is 1. The van der Waals surface area contributed by atoms with Gasteiger partial charge in [0.15, 0.2) is 15.5 Å². The minimum absolute atomic E-state index is 0.0298. The highest BCUT2D eigenvalue weighted by molar-refractivity contribution is 7.90. The number of halogens is 2. The van der Waals surface area contributed by atoms with Gasteiger partial charge >= 0.3 is 5.69 Å². The number of phenols is 1. The van der Waals surface area contributed by atoms with Crippen LogP contribution in [0.25, 0.3) is 28.0 Å². The lowest BCUT2D eigenvalue weighted by Crippen LogP contribution is -2.58. The molecule has 0 aliphatic carbocycles. The number of carbonyl (C=O) groups excluding carboxylic acids is 1. The Morgan fingerprint density at radius 1 is 1.13 bits per heavy atom. The predicted octanol–water partition coefficient (Wildman–Crippen LogP) is 5.08. The van der Waals surface area contributed by atoms with Gasteiger partial charge in [-0.25, -0.2) is 27.2 Å². The molecule has 1 aliphatic rings. The number of benzene rings is 2. The Labute approximate surface area is 265 Å². The summed E-state index contributed by atoms with van der Waals surface area (Å²) in [5, 5.41) is 10.9. The van der Waals surface area contributed by atoms with Gasteiger partial charge in [-0.05, 0) is 55.7 Å². The van der Waals surface area contributed by atoms with Crippen LogP contribution in [-0.4, -0.2) is 70.3 Å². The zero-order valence-electron chi connectivity index (χ0n) is 25.5. The molecule has 1 amide bonds. The second-order valence-corrected chi connectivity index (χ2v) is 13.9. The maximum absolute atomic E-state index is 15.1. The van der Waals surface area contributed by atoms with E-state index in [4.69, 9.17) is 11.6 Å². The zero-order valence-corrected chi connectivity index (χ0v) is 27.0. The van der Waals surface area contributed by atoms with Crippen LogP contribution in [0.15, 0.2) is 64.8 Å². The molecule has 0 saturated carbocycles. The molecular weight excluding hydrogens is 621 g/mol. The molecule has 3 heterocycles. The van der Waals surface area contributed by atoms with Crippen molar-refractivity contribution in [3.8, 4) is 22.7 Å². The fourth-order valence-electron chi connectivity index (χ4n) is 5.84. The fraction of sp³-hybridized carbons (Fsp3) is 0.312. The molecule has 0 unspecified atom stereocenters. The lowest BCUT2D eigenvalue weighted by Gasteiger charge is -2.44. The number of fused-ring (bicyclic) bond motifs is 1. The quantitative estimate of drug-likeness (QED) is 0.286. The molecule has 45 heavy (non-hydrogen) atoms. The van der Waals surface area contributed by atoms with E-state index >= 15 is 4.39 Å². The Morgan fingerprint density at radius 3 is 2.44 bits per heavy atom. The Morgan fingerprint density at radius 2 is 1.82 bits per heavy atom. The number of anilines is 1. The van der Waals surface area contributed by atoms with Gasteiger partial charge in [-0.3, -0.25) is 4.79 Å². The summed E-state index contributed by atoms with van der Waals surface area (Å²) in [6, 6.07) is 9.39. The largest absolute Gasteiger partial charge is 0.507 e. The highest BCUT2D eigenvalue weighted by Crippen LogP contribution is 2.40. The third kappa shape index (κ3) is 5.68. The van der Waals surface area contributed by atoms with Gasteiger partial charge in [0.2, 0.25) is 5.91 Å². The topological polar surface area (TPSA) is 126 Å². The lowest BCUT2D eigenvalue weighted by atomic mass is 10.0. The molecule has 0 bridgehead atoms. The number of aromatic nitrogens is 3. The third-order valence-electron chi connectivity index (χ3n) is 8.02. The van der Waals surface area contributed by atoms with Gasteiger partial charge in [0.05, 0.1) is 32.2 Å². The third-order valence-corrected chi connectivity index (χ3v) is 9.44. The van der Waals surface area contributed by atoms with Crippen molar-refractivity contribution in [3.63, 3.8) is 0 Å². The van der Waals surface area contributed by atoms with Crippen LogP contribution in [0.4, 0.5) is 10.2 Å². The van der Waals surface area contributed by atoms with Crippen LogP contribution in [-0.2, 0) is 14.6 Å². The molecule has 1 saturated heterocycles. The van der Waals surface area contributed by atoms with E-state index in [-0.39, 0.29) is 62.2 Å². The van der Waals surface area contributed by atoms with Gasteiger partial charge in [0, 0.05) is 31.4 Å². The minimum Gasteiger partial charge on any atom is -0.507 e. The van der Waals surface area contributed by atoms with E-state index in [1.54, 1.807) is 17.0 Å². The molecule has 10 nitrogen and oxygen atoms in total. The van der Waals surface area contributed by atoms with E-state index in [1.165, 1.54) is 30.3 Å². The number of carbonyl (C=O) groups is 1. The molecule has 1 N–H and O–H groups in total. The summed E-state index contributed by atoms with van der Waals surface area (Å²) in [6.45, 7) is 11.7. The molecule has 1 fully saturated rings. The van der Waals surface area contributed by atoms with Crippen molar-refractivity contribution < 1.29 is 22.7 Å². The van der Waals surface area contributed by atoms with E-state index in [0.717, 1.165) is 16.9 Å². The molecule has 0 spiro atoms. The summed E-state index contributed by atoms with van der Waals surface area (Å²) in [5.41, 5.74) is -0.656. The number of para-hydroxylation sites is 1. The number of rotatable bonds is 6. The summed E-state index contributed by atoms with van der Waals surface area (Å²) >= 11 is 6.73. The normalized spacial score (nSPS) is 17.2. The van der Waals surface area contributed by atoms with Crippen LogP contribution in [0.1, 0.15) is 39.2 Å². The molecule has 5 rings (SSSR count). The second kappa shape index (κ2) is 11.9. The van der Waals surface area contributed by atoms with Crippen molar-refractivity contribution in [2.24, 2.45) is 0 Å². The second-order valence-electron chi connectivity index (χ2n) is 11.5. The van der Waals surface area contributed by atoms with E-state index in [1.807, 2.05) is 32.6 Å². The molecule has 2 atom stereocenters. The first-order valence-electron chi connectivity index (χ1n) is 14.3. The smallest absolute Gasteiger partial charge is 0.355 e. The van der Waals surface area contributed by atoms with E-state index in [0.29, 0.717) is 24.0 Å². The van der Waals surface area contributed by atoms with Gasteiger partial charge in [-0.1, -0.05) is 50.2 Å². The Balaban J connectivity index is 1.91. The van der Waals surface area contributed by atoms with Gasteiger partial charge in [0.1, 0.15) is 17.4 Å². The van der Waals surface area contributed by atoms with Crippen molar-refractivity contribution in [1.29, 1.82) is 0 Å². The first-order chi connectivity index (χ1) is 21.1. The number of hydrogen-bond acceptors (Lipinski definition) is 8. The van der Waals surface area contributed by atoms with Crippen LogP contribution < -0.4 is 10.6 Å². The molecule has 2 aromatic carbocycles. The molecule has 1 aliphatic heterocycles. The van der Waals surface area contributed by atoms with Crippen LogP contribution in [0, 0.1) is 5.82 Å². The van der Waals surface area contributed by atoms with Crippen molar-refractivity contribution >= 4 is 44.2 Å². The molecule has 4 aromatic rings. The van der Waals surface area contributed by atoms with E-state index in [9.17, 15) is 23.1 Å². The first kappa shape index (κ1) is 32.1. The number of nitrogens with zero attached hydrogens (tertiary/aromatic N) is 5. The van der Waals surface area contributed by atoms with Crippen LogP contribution in [0.5, 0.6) is 5.75 Å². The van der Waals surface area contributed by atoms with Gasteiger partial charge in [-0.2, -0.15) is 4.98 Å². The van der Waals surface area contributed by atoms with Crippen molar-refractivity contribution in [2.75, 3.05) is 24.2 Å². The summed E-state index contributed by atoms with van der Waals surface area (Å²) in [6.07, 6.45) is 2.30. The summed E-state index contributed by atoms with van der Waals surface area (Å²) < 4.78 is 42.4. The number of amides is 1. The maximum atomic E-state index is 15.1. The number of hydrogen-bond donors (Lipinski definition) is 1. The highest BCUT2D eigenvalue weighted by atomic mass is 35.5. The highest BCUT2D eigenvalue weighted by Gasteiger charge is 2.34. The monoisotopic (exact) mass is 653 g/mol. The van der Waals surface area contributed by atoms with Crippen molar-refractivity contribution in [1.82, 2.24) is 19.4 Å². The zero-order chi connectivity index (χ0) is 33.0.